The minimum absolute atomic E-state index is 0.243. The molecule has 9 atom stereocenters. The highest BCUT2D eigenvalue weighted by atomic mass is 16.7. The fourth-order valence-electron chi connectivity index (χ4n) is 9.36. The van der Waals surface area contributed by atoms with Crippen molar-refractivity contribution in [1.29, 1.82) is 0 Å². The Morgan fingerprint density at radius 3 is 1.27 bits per heavy atom. The van der Waals surface area contributed by atoms with E-state index in [1.807, 2.05) is 0 Å². The fraction of sp³-hybridized carbons (Fsp3) is 0.881. The van der Waals surface area contributed by atoms with Crippen molar-refractivity contribution in [2.75, 3.05) is 13.2 Å². The highest BCUT2D eigenvalue weighted by Crippen LogP contribution is 2.23. The summed E-state index contributed by atoms with van der Waals surface area (Å²) in [6.07, 6.45) is 47.7. The monoisotopic (exact) mass is 994 g/mol. The zero-order valence-electron chi connectivity index (χ0n) is 45.0. The summed E-state index contributed by atoms with van der Waals surface area (Å²) in [5.74, 6) is -0.709. The third-order valence-corrected chi connectivity index (χ3v) is 14.2. The van der Waals surface area contributed by atoms with Crippen LogP contribution in [0.5, 0.6) is 0 Å². The summed E-state index contributed by atoms with van der Waals surface area (Å²) in [6, 6.07) is -1.19. The first-order valence-corrected chi connectivity index (χ1v) is 29.4. The molecular formula is C59H111NO10. The van der Waals surface area contributed by atoms with E-state index in [1.54, 1.807) is 0 Å². The van der Waals surface area contributed by atoms with Gasteiger partial charge < -0.3 is 50.5 Å². The van der Waals surface area contributed by atoms with Gasteiger partial charge in [-0.2, -0.15) is 0 Å². The third kappa shape index (κ3) is 36.3. The van der Waals surface area contributed by atoms with E-state index >= 15 is 0 Å². The molecule has 1 aliphatic rings. The van der Waals surface area contributed by atoms with Crippen LogP contribution in [0.3, 0.4) is 0 Å². The van der Waals surface area contributed by atoms with Gasteiger partial charge in [0.15, 0.2) is 6.29 Å². The lowest BCUT2D eigenvalue weighted by atomic mass is 9.98. The van der Waals surface area contributed by atoms with E-state index < -0.39 is 74.2 Å². The Balaban J connectivity index is 2.35. The molecule has 70 heavy (non-hydrogen) atoms. The van der Waals surface area contributed by atoms with Crippen LogP contribution < -0.4 is 5.32 Å². The largest absolute Gasteiger partial charge is 0.394 e. The molecule has 412 valence electrons. The predicted octanol–water partition coefficient (Wildman–Crippen LogP) is 12.3. The number of allylic oxidation sites excluding steroid dienone is 6. The third-order valence-electron chi connectivity index (χ3n) is 14.2. The van der Waals surface area contributed by atoms with Gasteiger partial charge in [0.05, 0.1) is 25.4 Å². The van der Waals surface area contributed by atoms with E-state index in [4.69, 9.17) is 9.47 Å². The van der Waals surface area contributed by atoms with Crippen LogP contribution in [0.25, 0.3) is 0 Å². The van der Waals surface area contributed by atoms with Gasteiger partial charge in [-0.25, -0.2) is 0 Å². The number of aliphatic hydroxyl groups excluding tert-OH is 7. The Labute approximate surface area is 428 Å². The van der Waals surface area contributed by atoms with Crippen molar-refractivity contribution < 1.29 is 50.0 Å². The second kappa shape index (κ2) is 48.3. The minimum Gasteiger partial charge on any atom is -0.394 e. The molecular weight excluding hydrogens is 883 g/mol. The number of ether oxygens (including phenoxy) is 2. The molecule has 0 saturated carbocycles. The highest BCUT2D eigenvalue weighted by molar-refractivity contribution is 5.80. The summed E-state index contributed by atoms with van der Waals surface area (Å²) >= 11 is 0. The van der Waals surface area contributed by atoms with Crippen LogP contribution >= 0.6 is 0 Å². The van der Waals surface area contributed by atoms with Crippen molar-refractivity contribution in [3.63, 3.8) is 0 Å². The SMILES string of the molecule is CCCCCCCCCCCC/C=C/CC/C=C/CC/C=C/CCCC(O)C(O)C(COC1OC(CO)C(O)C(O)C1O)NC(=O)C(O)CCCCCCCCCCCCCCCCCCCCCC. The zero-order chi connectivity index (χ0) is 51.1. The molecule has 0 aromatic rings. The first-order chi connectivity index (χ1) is 34.2. The molecule has 0 aromatic heterocycles. The summed E-state index contributed by atoms with van der Waals surface area (Å²) in [5, 5.41) is 76.1. The minimum atomic E-state index is -1.67. The van der Waals surface area contributed by atoms with Crippen molar-refractivity contribution in [3.8, 4) is 0 Å². The zero-order valence-corrected chi connectivity index (χ0v) is 45.0. The molecule has 0 radical (unpaired) electrons. The van der Waals surface area contributed by atoms with Gasteiger partial charge >= 0.3 is 0 Å². The molecule has 0 aromatic carbocycles. The Morgan fingerprint density at radius 1 is 0.486 bits per heavy atom. The van der Waals surface area contributed by atoms with Gasteiger partial charge in [0.1, 0.15) is 36.6 Å². The van der Waals surface area contributed by atoms with Crippen molar-refractivity contribution in [2.45, 2.75) is 319 Å². The van der Waals surface area contributed by atoms with Gasteiger partial charge in [-0.05, 0) is 64.2 Å². The molecule has 1 aliphatic heterocycles. The van der Waals surface area contributed by atoms with Gasteiger partial charge in [-0.3, -0.25) is 4.79 Å². The number of aliphatic hydroxyl groups is 7. The Morgan fingerprint density at radius 2 is 0.857 bits per heavy atom. The van der Waals surface area contributed by atoms with Crippen LogP contribution in [0.1, 0.15) is 264 Å². The normalized spacial score (nSPS) is 20.5. The second-order valence-electron chi connectivity index (χ2n) is 20.7. The second-order valence-corrected chi connectivity index (χ2v) is 20.7. The van der Waals surface area contributed by atoms with E-state index in [0.29, 0.717) is 19.3 Å². The summed E-state index contributed by atoms with van der Waals surface area (Å²) < 4.78 is 11.1. The Bertz CT molecular complexity index is 1230. The molecule has 1 heterocycles. The first kappa shape index (κ1) is 66.3. The average Bonchev–Trinajstić information content (AvgIpc) is 3.36. The van der Waals surface area contributed by atoms with Gasteiger partial charge in [0.2, 0.25) is 5.91 Å². The lowest BCUT2D eigenvalue weighted by molar-refractivity contribution is -0.303. The van der Waals surface area contributed by atoms with Gasteiger partial charge in [0.25, 0.3) is 0 Å². The van der Waals surface area contributed by atoms with Crippen LogP contribution in [0.2, 0.25) is 0 Å². The molecule has 1 fully saturated rings. The standard InChI is InChI=1S/C59H111NO10/c1-3-5-7-9-11-13-15-17-19-21-23-25-26-27-29-30-32-34-36-38-40-42-44-46-51(62)54(64)50(49-69-59-57(67)56(66)55(65)53(48-61)70-59)60-58(68)52(63)47-45-43-41-39-37-35-33-31-28-24-22-20-18-16-14-12-10-8-6-4-2/h25-26,30,32,38,40,50-57,59,61-67H,3-24,27-29,31,33-37,39,41-49H2,1-2H3,(H,60,68)/b26-25+,32-30+,40-38+. The van der Waals surface area contributed by atoms with Crippen LogP contribution in [0.4, 0.5) is 0 Å². The number of carbonyl (C=O) groups excluding carboxylic acids is 1. The van der Waals surface area contributed by atoms with Crippen molar-refractivity contribution in [2.24, 2.45) is 0 Å². The van der Waals surface area contributed by atoms with E-state index in [2.05, 4.69) is 55.6 Å². The lowest BCUT2D eigenvalue weighted by Gasteiger charge is -2.40. The maximum Gasteiger partial charge on any atom is 0.249 e. The van der Waals surface area contributed by atoms with Crippen LogP contribution in [-0.4, -0.2) is 110 Å². The Kier molecular flexibility index (Phi) is 45.8. The lowest BCUT2D eigenvalue weighted by Crippen LogP contribution is -2.60. The molecule has 0 bridgehead atoms. The Hall–Kier alpha value is -1.67. The molecule has 11 heteroatoms. The van der Waals surface area contributed by atoms with Gasteiger partial charge in [-0.15, -0.1) is 0 Å². The molecule has 8 N–H and O–H groups in total. The number of nitrogens with one attached hydrogen (secondary N) is 1. The summed E-state index contributed by atoms with van der Waals surface area (Å²) in [7, 11) is 0. The predicted molar refractivity (Wildman–Crippen MR) is 289 cm³/mol. The first-order valence-electron chi connectivity index (χ1n) is 29.4. The molecule has 1 saturated heterocycles. The van der Waals surface area contributed by atoms with E-state index in [1.165, 1.54) is 173 Å². The van der Waals surface area contributed by atoms with Crippen molar-refractivity contribution in [1.82, 2.24) is 5.32 Å². The van der Waals surface area contributed by atoms with Crippen LogP contribution in [0, 0.1) is 0 Å². The highest BCUT2D eigenvalue weighted by Gasteiger charge is 2.44. The number of unbranched alkanes of at least 4 members (excludes halogenated alkanes) is 32. The molecule has 11 nitrogen and oxygen atoms in total. The number of hydrogen-bond acceptors (Lipinski definition) is 10. The fourth-order valence-corrected chi connectivity index (χ4v) is 9.36. The van der Waals surface area contributed by atoms with Crippen LogP contribution in [0.15, 0.2) is 36.5 Å². The number of hydrogen-bond donors (Lipinski definition) is 8. The molecule has 0 spiro atoms. The summed E-state index contributed by atoms with van der Waals surface area (Å²) in [5.41, 5.74) is 0. The van der Waals surface area contributed by atoms with Crippen LogP contribution in [-0.2, 0) is 14.3 Å². The smallest absolute Gasteiger partial charge is 0.249 e. The summed E-state index contributed by atoms with van der Waals surface area (Å²) in [6.45, 7) is 3.46. The quantitative estimate of drug-likeness (QED) is 0.0215. The molecule has 9 unspecified atom stereocenters. The maximum atomic E-state index is 13.2. The van der Waals surface area contributed by atoms with E-state index in [-0.39, 0.29) is 12.8 Å². The number of rotatable bonds is 50. The van der Waals surface area contributed by atoms with E-state index in [9.17, 15) is 40.5 Å². The molecule has 0 aliphatic carbocycles. The van der Waals surface area contributed by atoms with Gasteiger partial charge in [-0.1, -0.05) is 237 Å². The number of carbonyl (C=O) groups is 1. The molecule has 1 amide bonds. The molecule has 1 rings (SSSR count). The van der Waals surface area contributed by atoms with Gasteiger partial charge in [0, 0.05) is 0 Å². The maximum absolute atomic E-state index is 13.2. The number of amides is 1. The average molecular weight is 995 g/mol. The van der Waals surface area contributed by atoms with Crippen molar-refractivity contribution in [3.05, 3.63) is 36.5 Å². The van der Waals surface area contributed by atoms with E-state index in [0.717, 1.165) is 44.9 Å². The van der Waals surface area contributed by atoms with Crippen molar-refractivity contribution >= 4 is 5.91 Å². The summed E-state index contributed by atoms with van der Waals surface area (Å²) in [4.78, 5) is 13.2. The topological polar surface area (TPSA) is 189 Å².